The molecule has 0 amide bonds. The van der Waals surface area contributed by atoms with E-state index in [1.165, 1.54) is 5.56 Å². The third-order valence-electron chi connectivity index (χ3n) is 6.04. The van der Waals surface area contributed by atoms with Crippen molar-refractivity contribution in [3.05, 3.63) is 132 Å². The molecule has 0 spiro atoms. The molecule has 0 atom stereocenters. The molecule has 5 rings (SSSR count). The molecular weight excluding hydrogens is 424 g/mol. The fraction of sp³-hybridized carbons (Fsp3) is 0.121. The van der Waals surface area contributed by atoms with Crippen LogP contribution >= 0.6 is 0 Å². The third kappa shape index (κ3) is 5.10. The lowest BCUT2D eigenvalue weighted by Gasteiger charge is -2.19. The molecule has 0 unspecified atom stereocenters. The smallest absolute Gasteiger partial charge is 0.0934 e. The SMILES string of the molecule is CC(C)(C)c1ccc(-c2cc(-c3cccc(C#Cc4ccccc4)c3)nn2-c2ccccc2)cc1. The van der Waals surface area contributed by atoms with Crippen molar-refractivity contribution in [3.63, 3.8) is 0 Å². The summed E-state index contributed by atoms with van der Waals surface area (Å²) in [7, 11) is 0. The molecular formula is C33H28N2. The van der Waals surface area contributed by atoms with Crippen LogP contribution in [-0.4, -0.2) is 9.78 Å². The van der Waals surface area contributed by atoms with E-state index in [9.17, 15) is 0 Å². The standard InChI is InChI=1S/C33H28N2/c1-33(2,3)29-21-19-27(20-22-29)32-24-31(34-35(32)30-15-8-5-9-16-30)28-14-10-13-26(23-28)18-17-25-11-6-4-7-12-25/h4-16,19-24H,1-3H3. The number of aromatic nitrogens is 2. The molecule has 35 heavy (non-hydrogen) atoms. The van der Waals surface area contributed by atoms with E-state index < -0.39 is 0 Å². The maximum atomic E-state index is 5.03. The van der Waals surface area contributed by atoms with Gasteiger partial charge < -0.3 is 0 Å². The molecule has 0 fully saturated rings. The maximum absolute atomic E-state index is 5.03. The minimum Gasteiger partial charge on any atom is -0.232 e. The normalized spacial score (nSPS) is 11.1. The van der Waals surface area contributed by atoms with Crippen molar-refractivity contribution in [3.8, 4) is 40.0 Å². The minimum atomic E-state index is 0.116. The van der Waals surface area contributed by atoms with E-state index in [1.807, 2.05) is 65.3 Å². The summed E-state index contributed by atoms with van der Waals surface area (Å²) in [6, 6.07) is 39.7. The molecule has 0 N–H and O–H groups in total. The van der Waals surface area contributed by atoms with Crippen LogP contribution in [0, 0.1) is 11.8 Å². The van der Waals surface area contributed by atoms with Gasteiger partial charge in [-0.1, -0.05) is 105 Å². The number of rotatable bonds is 3. The van der Waals surface area contributed by atoms with E-state index in [4.69, 9.17) is 5.10 Å². The fourth-order valence-electron chi connectivity index (χ4n) is 4.06. The molecule has 2 nitrogen and oxygen atoms in total. The highest BCUT2D eigenvalue weighted by atomic mass is 15.3. The summed E-state index contributed by atoms with van der Waals surface area (Å²) in [5, 5.41) is 5.03. The van der Waals surface area contributed by atoms with Gasteiger partial charge in [0.2, 0.25) is 0 Å². The Balaban J connectivity index is 1.56. The van der Waals surface area contributed by atoms with Gasteiger partial charge in [-0.15, -0.1) is 0 Å². The summed E-state index contributed by atoms with van der Waals surface area (Å²) < 4.78 is 2.03. The van der Waals surface area contributed by atoms with Gasteiger partial charge >= 0.3 is 0 Å². The zero-order valence-electron chi connectivity index (χ0n) is 20.4. The fourth-order valence-corrected chi connectivity index (χ4v) is 4.06. The number of hydrogen-bond donors (Lipinski definition) is 0. The number of nitrogens with zero attached hydrogens (tertiary/aromatic N) is 2. The first-order chi connectivity index (χ1) is 17.0. The van der Waals surface area contributed by atoms with E-state index in [-0.39, 0.29) is 5.41 Å². The van der Waals surface area contributed by atoms with E-state index in [2.05, 4.69) is 87.2 Å². The predicted octanol–water partition coefficient (Wildman–Crippen LogP) is 7.90. The van der Waals surface area contributed by atoms with Gasteiger partial charge in [-0.3, -0.25) is 0 Å². The molecule has 0 saturated carbocycles. The van der Waals surface area contributed by atoms with Crippen LogP contribution in [0.5, 0.6) is 0 Å². The number of para-hydroxylation sites is 1. The average molecular weight is 453 g/mol. The van der Waals surface area contributed by atoms with Gasteiger partial charge in [-0.05, 0) is 53.4 Å². The van der Waals surface area contributed by atoms with Crippen molar-refractivity contribution >= 4 is 0 Å². The Morgan fingerprint density at radius 2 is 1.23 bits per heavy atom. The Bertz CT molecular complexity index is 1490. The van der Waals surface area contributed by atoms with Crippen molar-refractivity contribution in [2.75, 3.05) is 0 Å². The molecule has 0 saturated heterocycles. The van der Waals surface area contributed by atoms with Crippen LogP contribution in [0.4, 0.5) is 0 Å². The molecule has 1 aromatic heterocycles. The second-order valence-electron chi connectivity index (χ2n) is 9.69. The van der Waals surface area contributed by atoms with Crippen molar-refractivity contribution in [1.29, 1.82) is 0 Å². The molecule has 0 aliphatic carbocycles. The van der Waals surface area contributed by atoms with Gasteiger partial charge in [0.25, 0.3) is 0 Å². The van der Waals surface area contributed by atoms with Gasteiger partial charge in [0.1, 0.15) is 0 Å². The summed E-state index contributed by atoms with van der Waals surface area (Å²) in [4.78, 5) is 0. The molecule has 4 aromatic carbocycles. The van der Waals surface area contributed by atoms with Crippen molar-refractivity contribution in [2.45, 2.75) is 26.2 Å². The zero-order valence-corrected chi connectivity index (χ0v) is 20.4. The van der Waals surface area contributed by atoms with Crippen LogP contribution < -0.4 is 0 Å². The Hall–Kier alpha value is -4.35. The lowest BCUT2D eigenvalue weighted by atomic mass is 9.86. The first-order valence-corrected chi connectivity index (χ1v) is 11.9. The van der Waals surface area contributed by atoms with Gasteiger partial charge in [0, 0.05) is 22.3 Å². The van der Waals surface area contributed by atoms with E-state index >= 15 is 0 Å². The molecule has 0 aliphatic heterocycles. The second kappa shape index (κ2) is 9.49. The van der Waals surface area contributed by atoms with Gasteiger partial charge in [-0.2, -0.15) is 5.10 Å². The zero-order chi connectivity index (χ0) is 24.3. The summed E-state index contributed by atoms with van der Waals surface area (Å²) in [6.45, 7) is 6.71. The number of benzene rings is 4. The topological polar surface area (TPSA) is 17.8 Å². The van der Waals surface area contributed by atoms with E-state index in [0.29, 0.717) is 0 Å². The first kappa shape index (κ1) is 22.4. The molecule has 170 valence electrons. The second-order valence-corrected chi connectivity index (χ2v) is 9.69. The van der Waals surface area contributed by atoms with Gasteiger partial charge in [0.05, 0.1) is 17.1 Å². The molecule has 2 heteroatoms. The largest absolute Gasteiger partial charge is 0.232 e. The van der Waals surface area contributed by atoms with Crippen molar-refractivity contribution in [2.24, 2.45) is 0 Å². The Kier molecular flexibility index (Phi) is 6.08. The van der Waals surface area contributed by atoms with Crippen LogP contribution in [0.15, 0.2) is 115 Å². The lowest BCUT2D eigenvalue weighted by Crippen LogP contribution is -2.10. The summed E-state index contributed by atoms with van der Waals surface area (Å²) in [5.41, 5.74) is 8.62. The molecule has 0 bridgehead atoms. The lowest BCUT2D eigenvalue weighted by molar-refractivity contribution is 0.590. The van der Waals surface area contributed by atoms with E-state index in [0.717, 1.165) is 39.3 Å². The van der Waals surface area contributed by atoms with Crippen LogP contribution in [0.1, 0.15) is 37.5 Å². The van der Waals surface area contributed by atoms with Gasteiger partial charge in [0.15, 0.2) is 0 Å². The number of hydrogen-bond acceptors (Lipinski definition) is 1. The Labute approximate surface area is 207 Å². The Morgan fingerprint density at radius 3 is 1.91 bits per heavy atom. The highest BCUT2D eigenvalue weighted by Gasteiger charge is 2.16. The maximum Gasteiger partial charge on any atom is 0.0934 e. The van der Waals surface area contributed by atoms with Crippen LogP contribution in [0.3, 0.4) is 0 Å². The summed E-state index contributed by atoms with van der Waals surface area (Å²) >= 11 is 0. The highest BCUT2D eigenvalue weighted by Crippen LogP contribution is 2.31. The van der Waals surface area contributed by atoms with Crippen LogP contribution in [-0.2, 0) is 5.41 Å². The van der Waals surface area contributed by atoms with Crippen molar-refractivity contribution < 1.29 is 0 Å². The molecule has 1 heterocycles. The highest BCUT2D eigenvalue weighted by molar-refractivity contribution is 5.71. The molecule has 5 aromatic rings. The Morgan fingerprint density at radius 1 is 0.600 bits per heavy atom. The quantitative estimate of drug-likeness (QED) is 0.254. The third-order valence-corrected chi connectivity index (χ3v) is 6.04. The predicted molar refractivity (Wildman–Crippen MR) is 146 cm³/mol. The first-order valence-electron chi connectivity index (χ1n) is 11.9. The average Bonchev–Trinajstić information content (AvgIpc) is 3.34. The summed E-state index contributed by atoms with van der Waals surface area (Å²) in [5.74, 6) is 6.54. The van der Waals surface area contributed by atoms with Crippen LogP contribution in [0.2, 0.25) is 0 Å². The minimum absolute atomic E-state index is 0.116. The monoisotopic (exact) mass is 452 g/mol. The molecule has 0 radical (unpaired) electrons. The van der Waals surface area contributed by atoms with E-state index in [1.54, 1.807) is 0 Å². The molecule has 0 aliphatic rings. The summed E-state index contributed by atoms with van der Waals surface area (Å²) in [6.07, 6.45) is 0. The van der Waals surface area contributed by atoms with Crippen molar-refractivity contribution in [1.82, 2.24) is 9.78 Å². The van der Waals surface area contributed by atoms with Gasteiger partial charge in [-0.25, -0.2) is 4.68 Å². The van der Waals surface area contributed by atoms with Crippen LogP contribution in [0.25, 0.3) is 28.2 Å².